The lowest BCUT2D eigenvalue weighted by atomic mass is 10.2. The second kappa shape index (κ2) is 6.17. The number of amides is 1. The van der Waals surface area contributed by atoms with Gasteiger partial charge in [-0.25, -0.2) is 4.98 Å². The van der Waals surface area contributed by atoms with Crippen molar-refractivity contribution in [2.24, 2.45) is 11.5 Å². The van der Waals surface area contributed by atoms with E-state index < -0.39 is 5.91 Å². The molecule has 0 aromatic carbocycles. The number of anilines is 1. The van der Waals surface area contributed by atoms with Gasteiger partial charge in [-0.3, -0.25) is 4.79 Å². The SMILES string of the molecule is COCC(N)CN(C)c1ncccc1C(N)=O. The summed E-state index contributed by atoms with van der Waals surface area (Å²) in [5, 5.41) is 0. The van der Waals surface area contributed by atoms with E-state index >= 15 is 0 Å². The zero-order valence-electron chi connectivity index (χ0n) is 10.1. The number of primary amides is 1. The molecule has 6 heteroatoms. The Bertz CT molecular complexity index is 383. The van der Waals surface area contributed by atoms with Gasteiger partial charge in [0.1, 0.15) is 5.82 Å². The molecule has 4 N–H and O–H groups in total. The Morgan fingerprint density at radius 2 is 2.35 bits per heavy atom. The van der Waals surface area contributed by atoms with E-state index in [1.165, 1.54) is 0 Å². The second-order valence-electron chi connectivity index (χ2n) is 3.83. The molecule has 0 aliphatic rings. The Morgan fingerprint density at radius 3 is 2.94 bits per heavy atom. The highest BCUT2D eigenvalue weighted by Crippen LogP contribution is 2.14. The smallest absolute Gasteiger partial charge is 0.252 e. The van der Waals surface area contributed by atoms with Gasteiger partial charge in [0, 0.05) is 32.9 Å². The fourth-order valence-electron chi connectivity index (χ4n) is 1.60. The maximum atomic E-state index is 11.2. The molecule has 0 fully saturated rings. The van der Waals surface area contributed by atoms with Crippen LogP contribution in [0.2, 0.25) is 0 Å². The minimum Gasteiger partial charge on any atom is -0.383 e. The van der Waals surface area contributed by atoms with Crippen molar-refractivity contribution in [2.75, 3.05) is 32.2 Å². The van der Waals surface area contributed by atoms with Crippen LogP contribution in [0.3, 0.4) is 0 Å². The summed E-state index contributed by atoms with van der Waals surface area (Å²) >= 11 is 0. The number of nitrogens with two attached hydrogens (primary N) is 2. The van der Waals surface area contributed by atoms with Crippen LogP contribution in [0.15, 0.2) is 18.3 Å². The Morgan fingerprint density at radius 1 is 1.65 bits per heavy atom. The second-order valence-corrected chi connectivity index (χ2v) is 3.83. The van der Waals surface area contributed by atoms with Crippen LogP contribution in [0.5, 0.6) is 0 Å². The number of carbonyl (C=O) groups is 1. The quantitative estimate of drug-likeness (QED) is 0.702. The van der Waals surface area contributed by atoms with Crippen LogP contribution in [0.4, 0.5) is 5.82 Å². The largest absolute Gasteiger partial charge is 0.383 e. The highest BCUT2D eigenvalue weighted by molar-refractivity contribution is 5.97. The summed E-state index contributed by atoms with van der Waals surface area (Å²) in [5.74, 6) is 0.0341. The third-order valence-electron chi connectivity index (χ3n) is 2.30. The number of carbonyl (C=O) groups excluding carboxylic acids is 1. The summed E-state index contributed by atoms with van der Waals surface area (Å²) in [7, 11) is 3.40. The molecule has 0 radical (unpaired) electrons. The van der Waals surface area contributed by atoms with Gasteiger partial charge >= 0.3 is 0 Å². The molecule has 1 rings (SSSR count). The van der Waals surface area contributed by atoms with Crippen LogP contribution in [0.1, 0.15) is 10.4 Å². The first kappa shape index (κ1) is 13.4. The Labute approximate surface area is 101 Å². The summed E-state index contributed by atoms with van der Waals surface area (Å²) in [4.78, 5) is 17.2. The molecule has 1 aromatic heterocycles. The third-order valence-corrected chi connectivity index (χ3v) is 2.30. The van der Waals surface area contributed by atoms with Gasteiger partial charge in [0.2, 0.25) is 0 Å². The molecule has 0 bridgehead atoms. The molecule has 0 saturated heterocycles. The van der Waals surface area contributed by atoms with E-state index in [1.807, 2.05) is 7.05 Å². The van der Waals surface area contributed by atoms with E-state index in [0.29, 0.717) is 24.5 Å². The van der Waals surface area contributed by atoms with Gasteiger partial charge in [0.05, 0.1) is 12.2 Å². The maximum Gasteiger partial charge on any atom is 0.252 e. The average Bonchev–Trinajstić information content (AvgIpc) is 2.29. The zero-order chi connectivity index (χ0) is 12.8. The first-order valence-corrected chi connectivity index (χ1v) is 5.26. The summed E-state index contributed by atoms with van der Waals surface area (Å²) < 4.78 is 4.95. The summed E-state index contributed by atoms with van der Waals surface area (Å²) in [5.41, 5.74) is 11.5. The van der Waals surface area contributed by atoms with E-state index in [-0.39, 0.29) is 6.04 Å². The fraction of sp³-hybridized carbons (Fsp3) is 0.455. The Balaban J connectivity index is 2.81. The molecular formula is C11H18N4O2. The first-order valence-electron chi connectivity index (χ1n) is 5.26. The van der Waals surface area contributed by atoms with Gasteiger partial charge in [0.25, 0.3) is 5.91 Å². The number of likely N-dealkylation sites (N-methyl/N-ethyl adjacent to an activating group) is 1. The van der Waals surface area contributed by atoms with E-state index in [1.54, 1.807) is 30.3 Å². The van der Waals surface area contributed by atoms with Crippen molar-refractivity contribution in [3.63, 3.8) is 0 Å². The van der Waals surface area contributed by atoms with Crippen LogP contribution in [-0.4, -0.2) is 44.2 Å². The molecule has 1 unspecified atom stereocenters. The van der Waals surface area contributed by atoms with Gasteiger partial charge in [-0.05, 0) is 12.1 Å². The molecule has 0 aliphatic carbocycles. The van der Waals surface area contributed by atoms with E-state index in [4.69, 9.17) is 16.2 Å². The number of aromatic nitrogens is 1. The normalized spacial score (nSPS) is 12.2. The van der Waals surface area contributed by atoms with E-state index in [0.717, 1.165) is 0 Å². The molecule has 0 spiro atoms. The zero-order valence-corrected chi connectivity index (χ0v) is 10.1. The molecule has 17 heavy (non-hydrogen) atoms. The lowest BCUT2D eigenvalue weighted by molar-refractivity contribution is 0.100. The van der Waals surface area contributed by atoms with Crippen molar-refractivity contribution in [3.8, 4) is 0 Å². The highest BCUT2D eigenvalue weighted by atomic mass is 16.5. The van der Waals surface area contributed by atoms with Gasteiger partial charge in [0.15, 0.2) is 0 Å². The summed E-state index contributed by atoms with van der Waals surface area (Å²) in [6, 6.07) is 3.17. The Kier molecular flexibility index (Phi) is 4.86. The monoisotopic (exact) mass is 238 g/mol. The van der Waals surface area contributed by atoms with E-state index in [9.17, 15) is 4.79 Å². The molecule has 1 heterocycles. The number of hydrogen-bond acceptors (Lipinski definition) is 5. The van der Waals surface area contributed by atoms with Crippen LogP contribution in [0.25, 0.3) is 0 Å². The van der Waals surface area contributed by atoms with Gasteiger partial charge in [-0.1, -0.05) is 0 Å². The number of nitrogens with zero attached hydrogens (tertiary/aromatic N) is 2. The third kappa shape index (κ3) is 3.69. The molecule has 94 valence electrons. The predicted molar refractivity (Wildman–Crippen MR) is 65.9 cm³/mol. The van der Waals surface area contributed by atoms with Crippen LogP contribution in [0, 0.1) is 0 Å². The minimum absolute atomic E-state index is 0.146. The number of ether oxygens (including phenoxy) is 1. The van der Waals surface area contributed by atoms with Gasteiger partial charge < -0.3 is 21.1 Å². The molecule has 1 aromatic rings. The lowest BCUT2D eigenvalue weighted by Crippen LogP contribution is -2.39. The van der Waals surface area contributed by atoms with E-state index in [2.05, 4.69) is 4.98 Å². The molecular weight excluding hydrogens is 220 g/mol. The fourth-order valence-corrected chi connectivity index (χ4v) is 1.60. The molecule has 0 aliphatic heterocycles. The first-order chi connectivity index (χ1) is 8.06. The standard InChI is InChI=1S/C11H18N4O2/c1-15(6-8(12)7-17-2)11-9(10(13)16)4-3-5-14-11/h3-5,8H,6-7,12H2,1-2H3,(H2,13,16). The summed E-state index contributed by atoms with van der Waals surface area (Å²) in [6.07, 6.45) is 1.61. The van der Waals surface area contributed by atoms with Crippen molar-refractivity contribution in [1.29, 1.82) is 0 Å². The number of methoxy groups -OCH3 is 1. The van der Waals surface area contributed by atoms with Gasteiger partial charge in [-0.15, -0.1) is 0 Å². The van der Waals surface area contributed by atoms with Crippen molar-refractivity contribution in [3.05, 3.63) is 23.9 Å². The Hall–Kier alpha value is -1.66. The van der Waals surface area contributed by atoms with Crippen molar-refractivity contribution in [1.82, 2.24) is 4.98 Å². The molecule has 1 atom stereocenters. The topological polar surface area (TPSA) is 94.5 Å². The van der Waals surface area contributed by atoms with Gasteiger partial charge in [-0.2, -0.15) is 0 Å². The number of pyridine rings is 1. The molecule has 6 nitrogen and oxygen atoms in total. The van der Waals surface area contributed by atoms with Crippen molar-refractivity contribution >= 4 is 11.7 Å². The predicted octanol–water partition coefficient (Wildman–Crippen LogP) is -0.410. The van der Waals surface area contributed by atoms with Crippen LogP contribution < -0.4 is 16.4 Å². The van der Waals surface area contributed by atoms with Crippen molar-refractivity contribution in [2.45, 2.75) is 6.04 Å². The highest BCUT2D eigenvalue weighted by Gasteiger charge is 2.14. The van der Waals surface area contributed by atoms with Crippen molar-refractivity contribution < 1.29 is 9.53 Å². The maximum absolute atomic E-state index is 11.2. The van der Waals surface area contributed by atoms with Crippen LogP contribution in [-0.2, 0) is 4.74 Å². The number of hydrogen-bond donors (Lipinski definition) is 2. The lowest BCUT2D eigenvalue weighted by Gasteiger charge is -2.23. The van der Waals surface area contributed by atoms with Crippen LogP contribution >= 0.6 is 0 Å². The summed E-state index contributed by atoms with van der Waals surface area (Å²) in [6.45, 7) is 0.980. The number of rotatable bonds is 6. The minimum atomic E-state index is -0.500. The molecule has 0 saturated carbocycles. The molecule has 1 amide bonds. The average molecular weight is 238 g/mol.